The molecule has 1 aromatic heterocycles. The second-order valence-electron chi connectivity index (χ2n) is 8.36. The van der Waals surface area contributed by atoms with Crippen molar-refractivity contribution < 1.29 is 37.4 Å². The predicted octanol–water partition coefficient (Wildman–Crippen LogP) is 1.66. The number of alkyl halides is 1. The second-order valence-corrected chi connectivity index (χ2v) is 10.1. The number of esters is 1. The number of H-pyrrole nitrogens is 1. The van der Waals surface area contributed by atoms with Crippen molar-refractivity contribution in [2.75, 3.05) is 13.2 Å². The minimum absolute atomic E-state index is 0.156. The monoisotopic (exact) mass is 529 g/mol. The number of hydrogen-bond donors (Lipinski definition) is 3. The van der Waals surface area contributed by atoms with E-state index < -0.39 is 61.7 Å². The van der Waals surface area contributed by atoms with E-state index in [1.54, 1.807) is 18.2 Å². The van der Waals surface area contributed by atoms with Gasteiger partial charge in [-0.2, -0.15) is 5.09 Å². The molecule has 1 unspecified atom stereocenters. The molecule has 0 spiro atoms. The summed E-state index contributed by atoms with van der Waals surface area (Å²) in [7, 11) is -4.29. The van der Waals surface area contributed by atoms with Crippen LogP contribution in [-0.4, -0.2) is 57.8 Å². The zero-order valence-electron chi connectivity index (χ0n) is 20.0. The highest BCUT2D eigenvalue weighted by atomic mass is 31.2. The van der Waals surface area contributed by atoms with Gasteiger partial charge >= 0.3 is 19.4 Å². The topological polar surface area (TPSA) is 158 Å². The fourth-order valence-electron chi connectivity index (χ4n) is 3.46. The molecule has 0 bridgehead atoms. The number of aromatic nitrogens is 2. The lowest BCUT2D eigenvalue weighted by molar-refractivity contribution is -0.145. The number of aromatic amines is 1. The summed E-state index contributed by atoms with van der Waals surface area (Å²) in [6.45, 7) is 3.77. The van der Waals surface area contributed by atoms with Gasteiger partial charge in [-0.25, -0.2) is 13.8 Å². The van der Waals surface area contributed by atoms with Crippen molar-refractivity contribution in [3.8, 4) is 5.75 Å². The van der Waals surface area contributed by atoms with Crippen LogP contribution in [0.5, 0.6) is 5.75 Å². The summed E-state index contributed by atoms with van der Waals surface area (Å²) in [6, 6.07) is 7.89. The summed E-state index contributed by atoms with van der Waals surface area (Å²) in [4.78, 5) is 37.7. The van der Waals surface area contributed by atoms with Gasteiger partial charge in [0.25, 0.3) is 5.56 Å². The Hall–Kier alpha value is -2.83. The molecule has 0 aliphatic carbocycles. The first-order valence-electron chi connectivity index (χ1n) is 11.2. The number of nitrogens with zero attached hydrogens (tertiary/aromatic N) is 1. The Labute approximate surface area is 205 Å². The largest absolute Gasteiger partial charge is 0.465 e. The Morgan fingerprint density at radius 2 is 2.03 bits per heavy atom. The Bertz CT molecular complexity index is 1200. The molecule has 1 aliphatic rings. The summed E-state index contributed by atoms with van der Waals surface area (Å²) < 4.78 is 51.3. The van der Waals surface area contributed by atoms with Gasteiger partial charge in [0.05, 0.1) is 13.2 Å². The number of carbonyl (C=O) groups excluding carboxylic acids is 1. The van der Waals surface area contributed by atoms with Gasteiger partial charge in [0.1, 0.15) is 24.0 Å². The highest BCUT2D eigenvalue weighted by Crippen LogP contribution is 2.47. The van der Waals surface area contributed by atoms with Crippen LogP contribution in [0.4, 0.5) is 4.39 Å². The zero-order chi connectivity index (χ0) is 26.5. The molecule has 36 heavy (non-hydrogen) atoms. The van der Waals surface area contributed by atoms with Gasteiger partial charge in [0, 0.05) is 12.3 Å². The standard InChI is InChI=1S/C22H29FN3O9P/c1-4-12-32-19(29)14(2)25-36(31,35-15-8-6-5-7-9-15)33-13-16-18(28)22(3,23)20(34-16)26-11-10-17(27)24-21(26)30/h5-11,14,16,18,20,28H,4,12-13H2,1-3H3,(H,25,31)(H,24,27,30)/t14-,16+,18+,20?,22+,36-/m0/s1. The van der Waals surface area contributed by atoms with Gasteiger partial charge in [0.2, 0.25) is 0 Å². The van der Waals surface area contributed by atoms with Gasteiger partial charge in [-0.15, -0.1) is 0 Å². The van der Waals surface area contributed by atoms with Gasteiger partial charge in [-0.1, -0.05) is 25.1 Å². The lowest BCUT2D eigenvalue weighted by Crippen LogP contribution is -2.43. The summed E-state index contributed by atoms with van der Waals surface area (Å²) in [5, 5.41) is 13.0. The fourth-order valence-corrected chi connectivity index (χ4v) is 4.96. The third-order valence-corrected chi connectivity index (χ3v) is 7.00. The number of carbonyl (C=O) groups is 1. The van der Waals surface area contributed by atoms with Crippen LogP contribution in [0, 0.1) is 0 Å². The molecule has 2 aromatic rings. The highest BCUT2D eigenvalue weighted by Gasteiger charge is 2.55. The zero-order valence-corrected chi connectivity index (χ0v) is 20.9. The van der Waals surface area contributed by atoms with Crippen LogP contribution >= 0.6 is 7.75 Å². The fraction of sp³-hybridized carbons (Fsp3) is 0.500. The second kappa shape index (κ2) is 11.5. The van der Waals surface area contributed by atoms with Gasteiger partial charge in [-0.05, 0) is 32.4 Å². The summed E-state index contributed by atoms with van der Waals surface area (Å²) in [6.07, 6.45) is -3.19. The Balaban J connectivity index is 1.78. The first-order chi connectivity index (χ1) is 17.0. The van der Waals surface area contributed by atoms with E-state index in [4.69, 9.17) is 18.5 Å². The highest BCUT2D eigenvalue weighted by molar-refractivity contribution is 7.52. The molecular weight excluding hydrogens is 500 g/mol. The summed E-state index contributed by atoms with van der Waals surface area (Å²) in [5.74, 6) is -0.535. The average molecular weight is 529 g/mol. The Kier molecular flexibility index (Phi) is 8.85. The molecule has 0 amide bonds. The van der Waals surface area contributed by atoms with Crippen LogP contribution in [0.2, 0.25) is 0 Å². The van der Waals surface area contributed by atoms with Crippen molar-refractivity contribution in [3.05, 3.63) is 63.4 Å². The number of para-hydroxylation sites is 1. The van der Waals surface area contributed by atoms with Gasteiger partial charge in [0.15, 0.2) is 11.9 Å². The molecule has 3 rings (SSSR count). The minimum Gasteiger partial charge on any atom is -0.465 e. The molecule has 2 heterocycles. The van der Waals surface area contributed by atoms with Crippen LogP contribution in [0.25, 0.3) is 0 Å². The van der Waals surface area contributed by atoms with E-state index in [9.17, 15) is 24.1 Å². The number of aliphatic hydroxyl groups excluding tert-OH is 1. The summed E-state index contributed by atoms with van der Waals surface area (Å²) >= 11 is 0. The van der Waals surface area contributed by atoms with Crippen molar-refractivity contribution in [2.24, 2.45) is 0 Å². The van der Waals surface area contributed by atoms with E-state index in [0.717, 1.165) is 23.8 Å². The first-order valence-corrected chi connectivity index (χ1v) is 12.8. The smallest absolute Gasteiger partial charge is 0.459 e. The lowest BCUT2D eigenvalue weighted by atomic mass is 9.98. The van der Waals surface area contributed by atoms with Crippen molar-refractivity contribution in [3.63, 3.8) is 0 Å². The molecule has 12 nitrogen and oxygen atoms in total. The van der Waals surface area contributed by atoms with Crippen molar-refractivity contribution in [2.45, 2.75) is 57.3 Å². The molecule has 198 valence electrons. The molecule has 1 fully saturated rings. The quantitative estimate of drug-likeness (QED) is 0.289. The molecule has 14 heteroatoms. The number of nitrogens with one attached hydrogen (secondary N) is 2. The molecule has 0 radical (unpaired) electrons. The molecule has 0 saturated carbocycles. The predicted molar refractivity (Wildman–Crippen MR) is 125 cm³/mol. The van der Waals surface area contributed by atoms with E-state index in [1.165, 1.54) is 19.1 Å². The van der Waals surface area contributed by atoms with E-state index in [2.05, 4.69) is 5.09 Å². The maximum atomic E-state index is 15.4. The van der Waals surface area contributed by atoms with Gasteiger partial charge < -0.3 is 19.1 Å². The SMILES string of the molecule is CCCOC(=O)[C@H](C)N[P@](=O)(OC[C@H]1OC(n2ccc(=O)[nH]c2=O)[C@](C)(F)[C@@H]1O)Oc1ccccc1. The summed E-state index contributed by atoms with van der Waals surface area (Å²) in [5.41, 5.74) is -4.11. The van der Waals surface area contributed by atoms with Crippen LogP contribution < -0.4 is 20.9 Å². The Morgan fingerprint density at radius 3 is 2.67 bits per heavy atom. The molecular formula is C22H29FN3O9P. The minimum atomic E-state index is -4.29. The first kappa shape index (κ1) is 27.8. The number of rotatable bonds is 11. The van der Waals surface area contributed by atoms with Crippen LogP contribution in [0.1, 0.15) is 33.4 Å². The van der Waals surface area contributed by atoms with Crippen LogP contribution in [0.3, 0.4) is 0 Å². The van der Waals surface area contributed by atoms with Gasteiger partial charge in [-0.3, -0.25) is 23.7 Å². The Morgan fingerprint density at radius 1 is 1.33 bits per heavy atom. The third-order valence-electron chi connectivity index (χ3n) is 5.35. The molecule has 6 atom stereocenters. The molecule has 3 N–H and O–H groups in total. The van der Waals surface area contributed by atoms with E-state index >= 15 is 4.39 Å². The van der Waals surface area contributed by atoms with Crippen LogP contribution in [-0.2, 0) is 23.4 Å². The molecule has 1 aliphatic heterocycles. The number of benzene rings is 1. The van der Waals surface area contributed by atoms with E-state index in [1.807, 2.05) is 11.9 Å². The van der Waals surface area contributed by atoms with Crippen molar-refractivity contribution >= 4 is 13.7 Å². The lowest BCUT2D eigenvalue weighted by Gasteiger charge is -2.25. The third kappa shape index (κ3) is 6.48. The number of aliphatic hydroxyl groups is 1. The maximum Gasteiger partial charge on any atom is 0.459 e. The van der Waals surface area contributed by atoms with E-state index in [0.29, 0.717) is 6.42 Å². The molecule has 1 aromatic carbocycles. The van der Waals surface area contributed by atoms with E-state index in [-0.39, 0.29) is 12.4 Å². The molecule has 1 saturated heterocycles. The van der Waals surface area contributed by atoms with Crippen LogP contribution in [0.15, 0.2) is 52.2 Å². The van der Waals surface area contributed by atoms with Crippen molar-refractivity contribution in [1.29, 1.82) is 0 Å². The maximum absolute atomic E-state index is 15.4. The number of halogens is 1. The number of hydrogen-bond acceptors (Lipinski definition) is 9. The number of ether oxygens (including phenoxy) is 2. The average Bonchev–Trinajstić information content (AvgIpc) is 3.05. The van der Waals surface area contributed by atoms with Crippen molar-refractivity contribution in [1.82, 2.24) is 14.6 Å². The normalized spacial score (nSPS) is 26.2.